The zero-order valence-electron chi connectivity index (χ0n) is 11.8. The number of rotatable bonds is 2. The zero-order chi connectivity index (χ0) is 13.2. The van der Waals surface area contributed by atoms with Gasteiger partial charge in [-0.1, -0.05) is 0 Å². The number of fused-ring (bicyclic) bond motifs is 1. The molecule has 21 heavy (non-hydrogen) atoms. The Labute approximate surface area is 136 Å². The molecule has 0 saturated carbocycles. The summed E-state index contributed by atoms with van der Waals surface area (Å²) in [7, 11) is 0. The van der Waals surface area contributed by atoms with E-state index in [0.29, 0.717) is 5.69 Å². The van der Waals surface area contributed by atoms with Crippen LogP contribution in [0.5, 0.6) is 0 Å². The molecule has 3 heterocycles. The maximum absolute atomic E-state index is 12.2. The number of imidazole rings is 1. The summed E-state index contributed by atoms with van der Waals surface area (Å²) in [5, 5.41) is 6.32. The lowest BCUT2D eigenvalue weighted by Crippen LogP contribution is -2.45. The van der Waals surface area contributed by atoms with Crippen molar-refractivity contribution in [3.8, 4) is 0 Å². The molecule has 5 nitrogen and oxygen atoms in total. The summed E-state index contributed by atoms with van der Waals surface area (Å²) < 4.78 is 1.88. The minimum Gasteiger partial charge on any atom is -0.347 e. The molecule has 1 aliphatic heterocycles. The van der Waals surface area contributed by atoms with E-state index >= 15 is 0 Å². The number of amides is 1. The third kappa shape index (κ3) is 4.09. The van der Waals surface area contributed by atoms with Crippen LogP contribution in [0, 0.1) is 6.92 Å². The predicted molar refractivity (Wildman–Crippen MR) is 87.8 cm³/mol. The molecule has 3 rings (SSSR count). The topological polar surface area (TPSA) is 58.4 Å². The van der Waals surface area contributed by atoms with Gasteiger partial charge in [-0.05, 0) is 44.0 Å². The first kappa shape index (κ1) is 17.8. The largest absolute Gasteiger partial charge is 0.347 e. The van der Waals surface area contributed by atoms with Gasteiger partial charge in [0, 0.05) is 25.0 Å². The van der Waals surface area contributed by atoms with Gasteiger partial charge in [-0.15, -0.1) is 24.8 Å². The lowest BCUT2D eigenvalue weighted by molar-refractivity contribution is 0.0926. The highest BCUT2D eigenvalue weighted by atomic mass is 35.5. The molecule has 2 aromatic rings. The Bertz CT molecular complexity index is 608. The molecule has 2 aromatic heterocycles. The van der Waals surface area contributed by atoms with Crippen LogP contribution < -0.4 is 10.6 Å². The highest BCUT2D eigenvalue weighted by molar-refractivity contribution is 5.93. The van der Waals surface area contributed by atoms with E-state index < -0.39 is 0 Å². The molecular weight excluding hydrogens is 311 g/mol. The maximum atomic E-state index is 12.2. The Balaban J connectivity index is 0.00000110. The minimum atomic E-state index is -0.0879. The van der Waals surface area contributed by atoms with Crippen LogP contribution in [0.15, 0.2) is 24.5 Å². The van der Waals surface area contributed by atoms with Gasteiger partial charge in [0.1, 0.15) is 11.3 Å². The van der Waals surface area contributed by atoms with Crippen molar-refractivity contribution >= 4 is 36.4 Å². The average molecular weight is 331 g/mol. The van der Waals surface area contributed by atoms with Crippen molar-refractivity contribution in [2.24, 2.45) is 0 Å². The maximum Gasteiger partial charge on any atom is 0.271 e. The molecule has 7 heteroatoms. The Morgan fingerprint density at radius 2 is 2.29 bits per heavy atom. The molecule has 0 unspecified atom stereocenters. The lowest BCUT2D eigenvalue weighted by atomic mass is 10.1. The number of carbonyl (C=O) groups is 1. The summed E-state index contributed by atoms with van der Waals surface area (Å²) in [5.74, 6) is -0.0879. The van der Waals surface area contributed by atoms with Crippen molar-refractivity contribution in [3.05, 3.63) is 35.8 Å². The quantitative estimate of drug-likeness (QED) is 0.885. The summed E-state index contributed by atoms with van der Waals surface area (Å²) in [4.78, 5) is 16.5. The second kappa shape index (κ2) is 7.64. The lowest BCUT2D eigenvalue weighted by Gasteiger charge is -2.23. The van der Waals surface area contributed by atoms with Crippen LogP contribution in [0.3, 0.4) is 0 Å². The first-order valence-electron chi connectivity index (χ1n) is 6.69. The van der Waals surface area contributed by atoms with Crippen molar-refractivity contribution in [3.63, 3.8) is 0 Å². The van der Waals surface area contributed by atoms with Gasteiger partial charge in [-0.2, -0.15) is 0 Å². The Hall–Kier alpha value is -1.30. The summed E-state index contributed by atoms with van der Waals surface area (Å²) in [5.41, 5.74) is 2.43. The molecule has 1 amide bonds. The normalized spacial score (nSPS) is 17.7. The molecule has 0 aromatic carbocycles. The predicted octanol–water partition coefficient (Wildman–Crippen LogP) is 1.97. The number of hydrogen-bond acceptors (Lipinski definition) is 3. The number of nitrogens with one attached hydrogen (secondary N) is 2. The summed E-state index contributed by atoms with van der Waals surface area (Å²) in [6.45, 7) is 3.90. The molecule has 1 aliphatic rings. The van der Waals surface area contributed by atoms with Gasteiger partial charge in [0.15, 0.2) is 0 Å². The molecule has 1 atom stereocenters. The smallest absolute Gasteiger partial charge is 0.271 e. The van der Waals surface area contributed by atoms with E-state index in [1.54, 1.807) is 6.20 Å². The fourth-order valence-corrected chi connectivity index (χ4v) is 2.43. The first-order valence-corrected chi connectivity index (χ1v) is 6.69. The number of carbonyl (C=O) groups excluding carboxylic acids is 1. The van der Waals surface area contributed by atoms with Crippen LogP contribution in [-0.2, 0) is 0 Å². The highest BCUT2D eigenvalue weighted by Gasteiger charge is 2.18. The first-order chi connectivity index (χ1) is 9.22. The zero-order valence-corrected chi connectivity index (χ0v) is 13.5. The number of halogens is 2. The number of hydrogen-bond donors (Lipinski definition) is 2. The number of aromatic nitrogens is 2. The minimum absolute atomic E-state index is 0. The third-order valence-corrected chi connectivity index (χ3v) is 3.48. The van der Waals surface area contributed by atoms with Crippen LogP contribution in [0.4, 0.5) is 0 Å². The van der Waals surface area contributed by atoms with Crippen LogP contribution in [0.2, 0.25) is 0 Å². The van der Waals surface area contributed by atoms with Crippen LogP contribution >= 0.6 is 24.8 Å². The van der Waals surface area contributed by atoms with Crippen molar-refractivity contribution in [2.45, 2.75) is 25.8 Å². The van der Waals surface area contributed by atoms with Crippen molar-refractivity contribution < 1.29 is 4.79 Å². The molecule has 1 fully saturated rings. The van der Waals surface area contributed by atoms with Crippen molar-refractivity contribution in [1.29, 1.82) is 0 Å². The second-order valence-corrected chi connectivity index (χ2v) is 5.11. The van der Waals surface area contributed by atoms with E-state index in [-0.39, 0.29) is 36.8 Å². The summed E-state index contributed by atoms with van der Waals surface area (Å²) in [6, 6.07) is 4.19. The molecule has 116 valence electrons. The Morgan fingerprint density at radius 3 is 3.00 bits per heavy atom. The number of aryl methyl sites for hydroxylation is 1. The number of nitrogens with zero attached hydrogens (tertiary/aromatic N) is 2. The fraction of sp³-hybridized carbons (Fsp3) is 0.429. The summed E-state index contributed by atoms with van der Waals surface area (Å²) in [6.07, 6.45) is 5.84. The van der Waals surface area contributed by atoms with Crippen LogP contribution in [-0.4, -0.2) is 34.4 Å². The van der Waals surface area contributed by atoms with Gasteiger partial charge in [0.05, 0.1) is 0 Å². The van der Waals surface area contributed by atoms with Gasteiger partial charge in [0.2, 0.25) is 0 Å². The van der Waals surface area contributed by atoms with Crippen molar-refractivity contribution in [2.75, 3.05) is 13.1 Å². The Morgan fingerprint density at radius 1 is 1.48 bits per heavy atom. The molecule has 1 saturated heterocycles. The van der Waals surface area contributed by atoms with Gasteiger partial charge >= 0.3 is 0 Å². The van der Waals surface area contributed by atoms with Crippen LogP contribution in [0.1, 0.15) is 28.9 Å². The average Bonchev–Trinajstić information content (AvgIpc) is 2.83. The molecular formula is C14H20Cl2N4O. The second-order valence-electron chi connectivity index (χ2n) is 5.11. The molecule has 0 spiro atoms. The monoisotopic (exact) mass is 330 g/mol. The molecule has 0 radical (unpaired) electrons. The van der Waals surface area contributed by atoms with E-state index in [1.165, 1.54) is 0 Å². The molecule has 0 bridgehead atoms. The van der Waals surface area contributed by atoms with Gasteiger partial charge < -0.3 is 15.0 Å². The molecule has 2 N–H and O–H groups in total. The van der Waals surface area contributed by atoms with E-state index in [0.717, 1.165) is 37.1 Å². The highest BCUT2D eigenvalue weighted by Crippen LogP contribution is 2.09. The van der Waals surface area contributed by atoms with Gasteiger partial charge in [-0.25, -0.2) is 4.98 Å². The van der Waals surface area contributed by atoms with E-state index in [9.17, 15) is 4.79 Å². The van der Waals surface area contributed by atoms with Gasteiger partial charge in [-0.3, -0.25) is 4.79 Å². The number of piperidine rings is 1. The van der Waals surface area contributed by atoms with Crippen LogP contribution in [0.25, 0.3) is 5.65 Å². The van der Waals surface area contributed by atoms with Crippen molar-refractivity contribution in [1.82, 2.24) is 20.0 Å². The Kier molecular flexibility index (Phi) is 6.45. The summed E-state index contributed by atoms with van der Waals surface area (Å²) >= 11 is 0. The van der Waals surface area contributed by atoms with E-state index in [1.807, 2.05) is 29.7 Å². The fourth-order valence-electron chi connectivity index (χ4n) is 2.43. The third-order valence-electron chi connectivity index (χ3n) is 3.48. The molecule has 0 aliphatic carbocycles. The SMILES string of the molecule is Cc1ccn2cc(C(=O)N[C@H]3CCCNC3)nc2c1.Cl.Cl. The van der Waals surface area contributed by atoms with E-state index in [2.05, 4.69) is 15.6 Å². The van der Waals surface area contributed by atoms with E-state index in [4.69, 9.17) is 0 Å². The number of pyridine rings is 1. The van der Waals surface area contributed by atoms with Gasteiger partial charge in [0.25, 0.3) is 5.91 Å². The standard InChI is InChI=1S/C14H18N4O.2ClH/c1-10-4-6-18-9-12(17-13(18)7-10)14(19)16-11-3-2-5-15-8-11;;/h4,6-7,9,11,15H,2-3,5,8H2,1H3,(H,16,19);2*1H/t11-;;/m0../s1.